The number of rotatable bonds is 6. The predicted molar refractivity (Wildman–Crippen MR) is 122 cm³/mol. The Labute approximate surface area is 190 Å². The fourth-order valence-electron chi connectivity index (χ4n) is 3.62. The van der Waals surface area contributed by atoms with E-state index in [2.05, 4.69) is 15.3 Å². The van der Waals surface area contributed by atoms with E-state index in [1.165, 1.54) is 12.1 Å². The number of nitrogens with zero attached hydrogens (tertiary/aromatic N) is 4. The van der Waals surface area contributed by atoms with E-state index in [0.717, 1.165) is 27.8 Å². The maximum absolute atomic E-state index is 12.9. The van der Waals surface area contributed by atoms with Crippen molar-refractivity contribution in [1.82, 2.24) is 19.5 Å². The van der Waals surface area contributed by atoms with Gasteiger partial charge in [0.05, 0.1) is 25.0 Å². The van der Waals surface area contributed by atoms with Crippen LogP contribution >= 0.6 is 11.3 Å². The number of alkyl halides is 3. The van der Waals surface area contributed by atoms with Gasteiger partial charge in [-0.1, -0.05) is 30.3 Å². The fraction of sp³-hybridized carbons (Fsp3) is 0.174. The summed E-state index contributed by atoms with van der Waals surface area (Å²) in [4.78, 5) is 13.9. The van der Waals surface area contributed by atoms with Crippen LogP contribution < -0.4 is 5.32 Å². The molecule has 3 aromatic heterocycles. The molecule has 0 spiro atoms. The number of aliphatic hydroxyl groups excluding tert-OH is 1. The van der Waals surface area contributed by atoms with Crippen LogP contribution in [0, 0.1) is 0 Å². The molecule has 0 aliphatic carbocycles. The lowest BCUT2D eigenvalue weighted by atomic mass is 10.1. The molecule has 0 fully saturated rings. The van der Waals surface area contributed by atoms with E-state index >= 15 is 0 Å². The number of aromatic nitrogens is 4. The van der Waals surface area contributed by atoms with Crippen molar-refractivity contribution in [3.05, 3.63) is 71.4 Å². The zero-order chi connectivity index (χ0) is 23.0. The van der Waals surface area contributed by atoms with E-state index in [9.17, 15) is 18.3 Å². The minimum atomic E-state index is -4.38. The lowest BCUT2D eigenvalue weighted by Gasteiger charge is -2.10. The van der Waals surface area contributed by atoms with Gasteiger partial charge in [0.15, 0.2) is 17.3 Å². The number of halogens is 3. The Balaban J connectivity index is 1.58. The molecule has 0 atom stereocenters. The fourth-order valence-corrected chi connectivity index (χ4v) is 4.56. The largest absolute Gasteiger partial charge is 0.416 e. The van der Waals surface area contributed by atoms with Gasteiger partial charge in [-0.15, -0.1) is 11.3 Å². The molecule has 0 bridgehead atoms. The Morgan fingerprint density at radius 3 is 2.58 bits per heavy atom. The van der Waals surface area contributed by atoms with Gasteiger partial charge in [0.2, 0.25) is 0 Å². The van der Waals surface area contributed by atoms with Gasteiger partial charge >= 0.3 is 6.18 Å². The first kappa shape index (κ1) is 21.4. The molecular weight excluding hydrogens is 451 g/mol. The number of nitrogens with one attached hydrogen (secondary N) is 1. The zero-order valence-corrected chi connectivity index (χ0v) is 18.0. The summed E-state index contributed by atoms with van der Waals surface area (Å²) < 4.78 is 41.5. The van der Waals surface area contributed by atoms with Crippen molar-refractivity contribution in [2.24, 2.45) is 0 Å². The van der Waals surface area contributed by atoms with Gasteiger partial charge < -0.3 is 15.0 Å². The summed E-state index contributed by atoms with van der Waals surface area (Å²) in [5.41, 5.74) is 1.96. The Morgan fingerprint density at radius 2 is 1.82 bits per heavy atom. The average molecular weight is 469 g/mol. The first-order valence-corrected chi connectivity index (χ1v) is 11.0. The molecule has 33 heavy (non-hydrogen) atoms. The van der Waals surface area contributed by atoms with Crippen LogP contribution in [0.2, 0.25) is 0 Å². The molecule has 0 unspecified atom stereocenters. The van der Waals surface area contributed by atoms with Crippen LogP contribution in [-0.2, 0) is 12.7 Å². The standard InChI is InChI=1S/C23H18F3N5OS/c24-23(25,26)15-7-5-14(6-8-15)11-31-13-28-19-21(27-9-10-32)29-20(30-22(19)31)17-12-33-18-4-2-1-3-16(17)18/h1-8,12-13,32H,9-11H2,(H,27,29,30). The molecule has 2 N–H and O–H groups in total. The Kier molecular flexibility index (Phi) is 5.47. The normalized spacial score (nSPS) is 12.0. The lowest BCUT2D eigenvalue weighted by Crippen LogP contribution is -2.09. The third-order valence-electron chi connectivity index (χ3n) is 5.22. The van der Waals surface area contributed by atoms with E-state index in [1.807, 2.05) is 29.6 Å². The van der Waals surface area contributed by atoms with Gasteiger partial charge in [0.1, 0.15) is 5.52 Å². The lowest BCUT2D eigenvalue weighted by molar-refractivity contribution is -0.137. The second-order valence-corrected chi connectivity index (χ2v) is 8.34. The minimum absolute atomic E-state index is 0.0749. The van der Waals surface area contributed by atoms with Crippen molar-refractivity contribution < 1.29 is 18.3 Å². The van der Waals surface area contributed by atoms with E-state index in [4.69, 9.17) is 4.98 Å². The molecule has 6 nitrogen and oxygen atoms in total. The highest BCUT2D eigenvalue weighted by molar-refractivity contribution is 7.17. The third kappa shape index (κ3) is 4.14. The molecule has 0 aliphatic rings. The van der Waals surface area contributed by atoms with Gasteiger partial charge in [-0.2, -0.15) is 13.2 Å². The summed E-state index contributed by atoms with van der Waals surface area (Å²) in [6.07, 6.45) is -2.78. The van der Waals surface area contributed by atoms with Crippen LogP contribution in [0.25, 0.3) is 32.6 Å². The molecule has 0 amide bonds. The van der Waals surface area contributed by atoms with Crippen molar-refractivity contribution in [2.75, 3.05) is 18.5 Å². The summed E-state index contributed by atoms with van der Waals surface area (Å²) in [7, 11) is 0. The van der Waals surface area contributed by atoms with Crippen LogP contribution in [0.1, 0.15) is 11.1 Å². The van der Waals surface area contributed by atoms with Crippen LogP contribution in [0.15, 0.2) is 60.2 Å². The molecule has 0 saturated carbocycles. The van der Waals surface area contributed by atoms with E-state index in [1.54, 1.807) is 22.2 Å². The van der Waals surface area contributed by atoms with Gasteiger partial charge in [0.25, 0.3) is 0 Å². The van der Waals surface area contributed by atoms with Gasteiger partial charge in [0, 0.05) is 27.6 Å². The molecule has 5 aromatic rings. The molecule has 168 valence electrons. The quantitative estimate of drug-likeness (QED) is 0.359. The maximum Gasteiger partial charge on any atom is 0.416 e. The number of anilines is 1. The van der Waals surface area contributed by atoms with Crippen LogP contribution in [0.5, 0.6) is 0 Å². The van der Waals surface area contributed by atoms with Crippen molar-refractivity contribution in [1.29, 1.82) is 0 Å². The second-order valence-electron chi connectivity index (χ2n) is 7.43. The van der Waals surface area contributed by atoms with Gasteiger partial charge in [-0.25, -0.2) is 15.0 Å². The van der Waals surface area contributed by atoms with Crippen LogP contribution in [0.3, 0.4) is 0 Å². The molecule has 10 heteroatoms. The number of benzene rings is 2. The number of thiophene rings is 1. The summed E-state index contributed by atoms with van der Waals surface area (Å²) in [5.74, 6) is 1.00. The molecular formula is C23H18F3N5OS. The smallest absolute Gasteiger partial charge is 0.395 e. The maximum atomic E-state index is 12.9. The number of imidazole rings is 1. The minimum Gasteiger partial charge on any atom is -0.395 e. The summed E-state index contributed by atoms with van der Waals surface area (Å²) in [6, 6.07) is 13.0. The molecule has 0 saturated heterocycles. The predicted octanol–water partition coefficient (Wildman–Crippen LogP) is 5.18. The first-order valence-electron chi connectivity index (χ1n) is 10.1. The zero-order valence-electron chi connectivity index (χ0n) is 17.2. The van der Waals surface area contributed by atoms with Crippen molar-refractivity contribution >= 4 is 38.4 Å². The highest BCUT2D eigenvalue weighted by Crippen LogP contribution is 2.34. The van der Waals surface area contributed by atoms with Crippen LogP contribution in [0.4, 0.5) is 19.0 Å². The summed E-state index contributed by atoms with van der Waals surface area (Å²) in [6.45, 7) is 0.519. The molecule has 0 aliphatic heterocycles. The molecule has 0 radical (unpaired) electrons. The number of aliphatic hydroxyl groups is 1. The number of hydrogen-bond acceptors (Lipinski definition) is 6. The average Bonchev–Trinajstić information content (AvgIpc) is 3.42. The van der Waals surface area contributed by atoms with Crippen molar-refractivity contribution in [3.8, 4) is 11.4 Å². The number of fused-ring (bicyclic) bond motifs is 2. The second kappa shape index (κ2) is 8.45. The van der Waals surface area contributed by atoms with Gasteiger partial charge in [-0.05, 0) is 23.8 Å². The number of hydrogen-bond donors (Lipinski definition) is 2. The highest BCUT2D eigenvalue weighted by Gasteiger charge is 2.30. The van der Waals surface area contributed by atoms with E-state index < -0.39 is 11.7 Å². The Hall–Kier alpha value is -3.50. The third-order valence-corrected chi connectivity index (χ3v) is 6.19. The van der Waals surface area contributed by atoms with Gasteiger partial charge in [-0.3, -0.25) is 0 Å². The molecule has 3 heterocycles. The monoisotopic (exact) mass is 469 g/mol. The molecule has 5 rings (SSSR count). The highest BCUT2D eigenvalue weighted by atomic mass is 32.1. The van der Waals surface area contributed by atoms with E-state index in [-0.39, 0.29) is 6.61 Å². The Morgan fingerprint density at radius 1 is 1.03 bits per heavy atom. The summed E-state index contributed by atoms with van der Waals surface area (Å²) >= 11 is 1.60. The first-order chi connectivity index (χ1) is 15.9. The van der Waals surface area contributed by atoms with Crippen molar-refractivity contribution in [2.45, 2.75) is 12.7 Å². The van der Waals surface area contributed by atoms with Crippen molar-refractivity contribution in [3.63, 3.8) is 0 Å². The molecule has 2 aromatic carbocycles. The summed E-state index contributed by atoms with van der Waals surface area (Å²) in [5, 5.41) is 15.4. The Bertz CT molecular complexity index is 1430. The van der Waals surface area contributed by atoms with Crippen LogP contribution in [-0.4, -0.2) is 37.8 Å². The topological polar surface area (TPSA) is 75.9 Å². The SMILES string of the molecule is OCCNc1nc(-c2csc3ccccc23)nc2c1ncn2Cc1ccc(C(F)(F)F)cc1. The van der Waals surface area contributed by atoms with E-state index in [0.29, 0.717) is 41.5 Å².